The Labute approximate surface area is 145 Å². The van der Waals surface area contributed by atoms with Crippen LogP contribution in [-0.4, -0.2) is 45.8 Å². The Balaban J connectivity index is 1.94. The summed E-state index contributed by atoms with van der Waals surface area (Å²) in [4.78, 5) is 0. The molecule has 2 saturated carbocycles. The highest BCUT2D eigenvalue weighted by atomic mass is 16.3. The van der Waals surface area contributed by atoms with Crippen molar-refractivity contribution in [3.05, 3.63) is 11.6 Å². The molecule has 0 aromatic carbocycles. The van der Waals surface area contributed by atoms with Gasteiger partial charge in [0.25, 0.3) is 0 Å². The van der Waals surface area contributed by atoms with E-state index in [-0.39, 0.29) is 24.0 Å². The van der Waals surface area contributed by atoms with Gasteiger partial charge in [-0.15, -0.1) is 0 Å². The smallest absolute Gasteiger partial charge is 0.0858 e. The maximum absolute atomic E-state index is 10.5. The first-order chi connectivity index (χ1) is 11.2. The third kappa shape index (κ3) is 2.49. The van der Waals surface area contributed by atoms with Gasteiger partial charge in [0.05, 0.1) is 25.4 Å². The van der Waals surface area contributed by atoms with Gasteiger partial charge >= 0.3 is 0 Å². The molecule has 0 spiro atoms. The number of fused-ring (bicyclic) bond motifs is 3. The van der Waals surface area contributed by atoms with Crippen molar-refractivity contribution in [1.29, 1.82) is 0 Å². The molecule has 0 aromatic rings. The molecular formula is C20H34O4. The topological polar surface area (TPSA) is 80.9 Å². The van der Waals surface area contributed by atoms with E-state index in [0.29, 0.717) is 11.8 Å². The Morgan fingerprint density at radius 2 is 1.83 bits per heavy atom. The normalized spacial score (nSPS) is 49.8. The fourth-order valence-corrected chi connectivity index (χ4v) is 6.25. The van der Waals surface area contributed by atoms with Gasteiger partial charge in [0, 0.05) is 10.8 Å². The standard InChI is InChI=1S/C20H34O4/c1-18(17(24)11-21)8-6-14-13(10-18)4-5-15-19(14,2)9-7-16(23)20(15,3)12-22/h10,14-17,21-24H,4-9,11-12H2,1-3H3/t14-,15+,16+,17-,18-,19-,20-/m0/s1. The first-order valence-electron chi connectivity index (χ1n) is 9.51. The summed E-state index contributed by atoms with van der Waals surface area (Å²) in [6, 6.07) is 0. The van der Waals surface area contributed by atoms with Gasteiger partial charge in [-0.25, -0.2) is 0 Å². The summed E-state index contributed by atoms with van der Waals surface area (Å²) in [6.07, 6.45) is 6.72. The first-order valence-corrected chi connectivity index (χ1v) is 9.51. The second-order valence-corrected chi connectivity index (χ2v) is 9.33. The maximum Gasteiger partial charge on any atom is 0.0858 e. The third-order valence-corrected chi connectivity index (χ3v) is 8.04. The van der Waals surface area contributed by atoms with Crippen LogP contribution in [0.5, 0.6) is 0 Å². The lowest BCUT2D eigenvalue weighted by Gasteiger charge is -2.61. The van der Waals surface area contributed by atoms with Gasteiger partial charge < -0.3 is 20.4 Å². The fraction of sp³-hybridized carbons (Fsp3) is 0.900. The zero-order valence-corrected chi connectivity index (χ0v) is 15.3. The fourth-order valence-electron chi connectivity index (χ4n) is 6.25. The van der Waals surface area contributed by atoms with Gasteiger partial charge in [-0.3, -0.25) is 0 Å². The average Bonchev–Trinajstić information content (AvgIpc) is 2.57. The summed E-state index contributed by atoms with van der Waals surface area (Å²) in [5.74, 6) is 0.793. The van der Waals surface area contributed by atoms with E-state index in [0.717, 1.165) is 38.5 Å². The van der Waals surface area contributed by atoms with Crippen LogP contribution in [0.4, 0.5) is 0 Å². The van der Waals surface area contributed by atoms with E-state index in [2.05, 4.69) is 19.9 Å². The first kappa shape index (κ1) is 18.4. The molecule has 4 N–H and O–H groups in total. The number of aliphatic hydroxyl groups is 4. The van der Waals surface area contributed by atoms with E-state index in [1.807, 2.05) is 6.92 Å². The highest BCUT2D eigenvalue weighted by Gasteiger charge is 2.58. The van der Waals surface area contributed by atoms with Crippen molar-refractivity contribution in [2.75, 3.05) is 13.2 Å². The number of aliphatic hydroxyl groups excluding tert-OH is 4. The van der Waals surface area contributed by atoms with Crippen molar-refractivity contribution in [3.8, 4) is 0 Å². The van der Waals surface area contributed by atoms with E-state index >= 15 is 0 Å². The molecule has 0 radical (unpaired) electrons. The highest BCUT2D eigenvalue weighted by Crippen LogP contribution is 2.63. The molecule has 138 valence electrons. The molecule has 2 fully saturated rings. The molecule has 24 heavy (non-hydrogen) atoms. The predicted molar refractivity (Wildman–Crippen MR) is 93.3 cm³/mol. The molecule has 0 aromatic heterocycles. The van der Waals surface area contributed by atoms with Crippen LogP contribution < -0.4 is 0 Å². The Hall–Kier alpha value is -0.420. The summed E-state index contributed by atoms with van der Waals surface area (Å²) in [7, 11) is 0. The van der Waals surface area contributed by atoms with Crippen molar-refractivity contribution < 1.29 is 20.4 Å². The van der Waals surface area contributed by atoms with E-state index in [4.69, 9.17) is 0 Å². The molecule has 0 bridgehead atoms. The molecule has 3 rings (SSSR count). The third-order valence-electron chi connectivity index (χ3n) is 8.04. The SMILES string of the molecule is C[C@]1(CO)[C@@H]2CCC3=C[C@@](C)([C@@H](O)CO)CC[C@@H]3[C@]2(C)CC[C@H]1O. The van der Waals surface area contributed by atoms with Crippen molar-refractivity contribution in [3.63, 3.8) is 0 Å². The van der Waals surface area contributed by atoms with Crippen LogP contribution in [-0.2, 0) is 0 Å². The molecule has 0 heterocycles. The zero-order chi connectivity index (χ0) is 17.8. The minimum absolute atomic E-state index is 0.0428. The lowest BCUT2D eigenvalue weighted by Crippen LogP contribution is -2.58. The number of rotatable bonds is 3. The van der Waals surface area contributed by atoms with Crippen LogP contribution in [0.2, 0.25) is 0 Å². The summed E-state index contributed by atoms with van der Waals surface area (Å²) in [5.41, 5.74) is 0.778. The number of allylic oxidation sites excluding steroid dienone is 1. The van der Waals surface area contributed by atoms with E-state index < -0.39 is 17.6 Å². The molecule has 0 amide bonds. The number of hydrogen-bond acceptors (Lipinski definition) is 4. The Morgan fingerprint density at radius 3 is 2.46 bits per heavy atom. The zero-order valence-electron chi connectivity index (χ0n) is 15.3. The quantitative estimate of drug-likeness (QED) is 0.595. The van der Waals surface area contributed by atoms with Crippen LogP contribution in [0.25, 0.3) is 0 Å². The molecule has 4 heteroatoms. The lowest BCUT2D eigenvalue weighted by molar-refractivity contribution is -0.155. The summed E-state index contributed by atoms with van der Waals surface area (Å²) >= 11 is 0. The minimum atomic E-state index is -0.702. The minimum Gasteiger partial charge on any atom is -0.396 e. The summed E-state index contributed by atoms with van der Waals surface area (Å²) < 4.78 is 0. The van der Waals surface area contributed by atoms with Crippen molar-refractivity contribution in [2.24, 2.45) is 28.1 Å². The molecule has 0 saturated heterocycles. The predicted octanol–water partition coefficient (Wildman–Crippen LogP) is 2.25. The van der Waals surface area contributed by atoms with Gasteiger partial charge in [-0.1, -0.05) is 32.4 Å². The van der Waals surface area contributed by atoms with Crippen LogP contribution in [0.1, 0.15) is 59.3 Å². The summed E-state index contributed by atoms with van der Waals surface area (Å²) in [6.45, 7) is 6.30. The van der Waals surface area contributed by atoms with E-state index in [9.17, 15) is 20.4 Å². The van der Waals surface area contributed by atoms with Crippen molar-refractivity contribution >= 4 is 0 Å². The van der Waals surface area contributed by atoms with Gasteiger partial charge in [-0.2, -0.15) is 0 Å². The highest BCUT2D eigenvalue weighted by molar-refractivity contribution is 5.25. The molecule has 3 aliphatic carbocycles. The van der Waals surface area contributed by atoms with Crippen LogP contribution in [0, 0.1) is 28.1 Å². The van der Waals surface area contributed by atoms with Crippen molar-refractivity contribution in [2.45, 2.75) is 71.5 Å². The lowest BCUT2D eigenvalue weighted by atomic mass is 9.44. The summed E-state index contributed by atoms with van der Waals surface area (Å²) in [5, 5.41) is 40.2. The van der Waals surface area contributed by atoms with Gasteiger partial charge in [0.2, 0.25) is 0 Å². The second-order valence-electron chi connectivity index (χ2n) is 9.33. The second kappa shape index (κ2) is 6.08. The molecule has 0 aliphatic heterocycles. The van der Waals surface area contributed by atoms with E-state index in [1.165, 1.54) is 5.57 Å². The monoisotopic (exact) mass is 338 g/mol. The molecular weight excluding hydrogens is 304 g/mol. The largest absolute Gasteiger partial charge is 0.396 e. The van der Waals surface area contributed by atoms with E-state index in [1.54, 1.807) is 0 Å². The molecule has 0 unspecified atom stereocenters. The maximum atomic E-state index is 10.5. The van der Waals surface area contributed by atoms with Crippen molar-refractivity contribution in [1.82, 2.24) is 0 Å². The average molecular weight is 338 g/mol. The Morgan fingerprint density at radius 1 is 1.12 bits per heavy atom. The van der Waals surface area contributed by atoms with Crippen LogP contribution in [0.15, 0.2) is 11.6 Å². The van der Waals surface area contributed by atoms with Gasteiger partial charge in [0.1, 0.15) is 0 Å². The molecule has 4 nitrogen and oxygen atoms in total. The molecule has 3 aliphatic rings. The Bertz CT molecular complexity index is 518. The Kier molecular flexibility index (Phi) is 4.66. The van der Waals surface area contributed by atoms with Crippen LogP contribution >= 0.6 is 0 Å². The number of hydrogen-bond donors (Lipinski definition) is 4. The van der Waals surface area contributed by atoms with Gasteiger partial charge in [0.15, 0.2) is 0 Å². The van der Waals surface area contributed by atoms with Gasteiger partial charge in [-0.05, 0) is 55.8 Å². The molecule has 7 atom stereocenters. The van der Waals surface area contributed by atoms with Crippen LogP contribution in [0.3, 0.4) is 0 Å².